The quantitative estimate of drug-likeness (QED) is 0.709. The van der Waals surface area contributed by atoms with Gasteiger partial charge < -0.3 is 10.0 Å². The minimum Gasteiger partial charge on any atom is -0.387 e. The lowest BCUT2D eigenvalue weighted by Crippen LogP contribution is -2.53. The number of carbonyl (C=O) groups is 2. The maximum absolute atomic E-state index is 11.8. The molecule has 1 fully saturated rings. The largest absolute Gasteiger partial charge is 0.387 e. The summed E-state index contributed by atoms with van der Waals surface area (Å²) in [6.45, 7) is 4.03. The van der Waals surface area contributed by atoms with Crippen LogP contribution in [0.15, 0.2) is 0 Å². The van der Waals surface area contributed by atoms with Crippen LogP contribution in [0.3, 0.4) is 0 Å². The summed E-state index contributed by atoms with van der Waals surface area (Å²) < 4.78 is 0. The minimum absolute atomic E-state index is 0.0789. The van der Waals surface area contributed by atoms with E-state index in [2.05, 4.69) is 0 Å². The Balaban J connectivity index is 2.67. The molecule has 1 atom stereocenters. The van der Waals surface area contributed by atoms with E-state index in [0.29, 0.717) is 19.4 Å². The molecule has 1 saturated heterocycles. The average molecular weight is 242 g/mol. The van der Waals surface area contributed by atoms with Gasteiger partial charge in [0.2, 0.25) is 11.8 Å². The van der Waals surface area contributed by atoms with Crippen LogP contribution < -0.4 is 0 Å². The number of amides is 2. The van der Waals surface area contributed by atoms with Gasteiger partial charge in [0.05, 0.1) is 12.1 Å². The van der Waals surface area contributed by atoms with Crippen molar-refractivity contribution in [2.24, 2.45) is 5.92 Å². The number of nitrogens with zero attached hydrogens (tertiary/aromatic N) is 2. The summed E-state index contributed by atoms with van der Waals surface area (Å²) in [5, 5.41) is 10.2. The zero-order chi connectivity index (χ0) is 13.2. The number of imide groups is 1. The first-order valence-electron chi connectivity index (χ1n) is 5.91. The van der Waals surface area contributed by atoms with E-state index in [9.17, 15) is 14.7 Å². The fraction of sp³-hybridized carbons (Fsp3) is 0.833. The fourth-order valence-corrected chi connectivity index (χ4v) is 2.28. The van der Waals surface area contributed by atoms with E-state index in [1.165, 1.54) is 4.90 Å². The number of piperidine rings is 1. The SMILES string of the molecule is CC1CC(=O)N(CC(C)(O)CN(C)C)C(=O)C1. The molecule has 1 rings (SSSR count). The van der Waals surface area contributed by atoms with Crippen molar-refractivity contribution in [2.75, 3.05) is 27.2 Å². The van der Waals surface area contributed by atoms with Crippen molar-refractivity contribution in [1.82, 2.24) is 9.80 Å². The lowest BCUT2D eigenvalue weighted by molar-refractivity contribution is -0.154. The maximum Gasteiger partial charge on any atom is 0.229 e. The molecule has 5 nitrogen and oxygen atoms in total. The van der Waals surface area contributed by atoms with Crippen molar-refractivity contribution in [3.63, 3.8) is 0 Å². The molecule has 98 valence electrons. The van der Waals surface area contributed by atoms with Crippen LogP contribution in [-0.2, 0) is 9.59 Å². The second-order valence-corrected chi connectivity index (χ2v) is 5.62. The van der Waals surface area contributed by atoms with E-state index in [4.69, 9.17) is 0 Å². The first kappa shape index (κ1) is 14.1. The molecule has 1 N–H and O–H groups in total. The molecule has 0 aliphatic carbocycles. The number of likely N-dealkylation sites (N-methyl/N-ethyl adjacent to an activating group) is 1. The highest BCUT2D eigenvalue weighted by atomic mass is 16.3. The summed E-state index contributed by atoms with van der Waals surface area (Å²) in [7, 11) is 3.69. The molecule has 0 aromatic heterocycles. The van der Waals surface area contributed by atoms with Gasteiger partial charge >= 0.3 is 0 Å². The van der Waals surface area contributed by atoms with Gasteiger partial charge in [-0.25, -0.2) is 0 Å². The Morgan fingerprint density at radius 2 is 1.82 bits per heavy atom. The molecule has 0 spiro atoms. The summed E-state index contributed by atoms with van der Waals surface area (Å²) in [5.74, 6) is -0.231. The Hall–Kier alpha value is -0.940. The highest BCUT2D eigenvalue weighted by Gasteiger charge is 2.35. The maximum atomic E-state index is 11.8. The van der Waals surface area contributed by atoms with Gasteiger partial charge in [-0.3, -0.25) is 14.5 Å². The zero-order valence-electron chi connectivity index (χ0n) is 11.1. The van der Waals surface area contributed by atoms with E-state index >= 15 is 0 Å². The Morgan fingerprint density at radius 1 is 1.35 bits per heavy atom. The summed E-state index contributed by atoms with van der Waals surface area (Å²) >= 11 is 0. The number of aliphatic hydroxyl groups is 1. The van der Waals surface area contributed by atoms with Gasteiger partial charge in [-0.1, -0.05) is 6.92 Å². The number of hydrogen-bond donors (Lipinski definition) is 1. The van der Waals surface area contributed by atoms with E-state index in [1.807, 2.05) is 25.9 Å². The molecule has 1 heterocycles. The lowest BCUT2D eigenvalue weighted by Gasteiger charge is -2.35. The predicted octanol–water partition coefficient (Wildman–Crippen LogP) is 0.0841. The van der Waals surface area contributed by atoms with E-state index < -0.39 is 5.60 Å². The van der Waals surface area contributed by atoms with Crippen LogP contribution in [0.1, 0.15) is 26.7 Å². The molecule has 2 amide bonds. The van der Waals surface area contributed by atoms with Gasteiger partial charge in [0.25, 0.3) is 0 Å². The van der Waals surface area contributed by atoms with Crippen molar-refractivity contribution < 1.29 is 14.7 Å². The third-order valence-corrected chi connectivity index (χ3v) is 2.80. The van der Waals surface area contributed by atoms with Crippen LogP contribution in [0.25, 0.3) is 0 Å². The second kappa shape index (κ2) is 5.14. The normalized spacial score (nSPS) is 22.1. The molecule has 0 radical (unpaired) electrons. The molecule has 1 aliphatic heterocycles. The lowest BCUT2D eigenvalue weighted by atomic mass is 9.96. The van der Waals surface area contributed by atoms with Crippen LogP contribution >= 0.6 is 0 Å². The van der Waals surface area contributed by atoms with Crippen molar-refractivity contribution >= 4 is 11.8 Å². The van der Waals surface area contributed by atoms with Crippen LogP contribution in [0, 0.1) is 5.92 Å². The Morgan fingerprint density at radius 3 is 2.24 bits per heavy atom. The molecule has 17 heavy (non-hydrogen) atoms. The topological polar surface area (TPSA) is 60.9 Å². The summed E-state index contributed by atoms with van der Waals surface area (Å²) in [6.07, 6.45) is 0.785. The van der Waals surface area contributed by atoms with E-state index in [-0.39, 0.29) is 24.3 Å². The fourth-order valence-electron chi connectivity index (χ4n) is 2.28. The van der Waals surface area contributed by atoms with E-state index in [0.717, 1.165) is 0 Å². The van der Waals surface area contributed by atoms with Gasteiger partial charge in [-0.2, -0.15) is 0 Å². The molecule has 0 aromatic rings. The summed E-state index contributed by atoms with van der Waals surface area (Å²) in [5.41, 5.74) is -1.06. The average Bonchev–Trinajstić information content (AvgIpc) is 2.09. The Kier molecular flexibility index (Phi) is 4.27. The van der Waals surface area contributed by atoms with Crippen molar-refractivity contribution in [2.45, 2.75) is 32.3 Å². The molecule has 1 unspecified atom stereocenters. The van der Waals surface area contributed by atoms with Crippen LogP contribution in [0.4, 0.5) is 0 Å². The standard InChI is InChI=1S/C12H22N2O3/c1-9-5-10(15)14(11(16)6-9)8-12(2,17)7-13(3)4/h9,17H,5-8H2,1-4H3. The Bertz CT molecular complexity index is 295. The molecule has 5 heteroatoms. The van der Waals surface area contributed by atoms with E-state index in [1.54, 1.807) is 6.92 Å². The second-order valence-electron chi connectivity index (χ2n) is 5.62. The zero-order valence-corrected chi connectivity index (χ0v) is 11.1. The highest BCUT2D eigenvalue weighted by Crippen LogP contribution is 2.21. The van der Waals surface area contributed by atoms with Gasteiger partial charge in [0.15, 0.2) is 0 Å². The molecule has 0 saturated carbocycles. The van der Waals surface area contributed by atoms with Crippen molar-refractivity contribution in [3.05, 3.63) is 0 Å². The van der Waals surface area contributed by atoms with Gasteiger partial charge in [-0.05, 0) is 26.9 Å². The minimum atomic E-state index is -1.06. The third kappa shape index (κ3) is 4.09. The Labute approximate surface area is 102 Å². The monoisotopic (exact) mass is 242 g/mol. The molecular weight excluding hydrogens is 220 g/mol. The number of β-amino-alcohol motifs (C(OH)–C–C–N with tert-alkyl or cyclic N) is 1. The smallest absolute Gasteiger partial charge is 0.229 e. The first-order valence-corrected chi connectivity index (χ1v) is 5.91. The number of hydrogen-bond acceptors (Lipinski definition) is 4. The first-order chi connectivity index (χ1) is 7.71. The van der Waals surface area contributed by atoms with Crippen LogP contribution in [0.5, 0.6) is 0 Å². The highest BCUT2D eigenvalue weighted by molar-refractivity contribution is 5.97. The van der Waals surface area contributed by atoms with Crippen molar-refractivity contribution in [3.8, 4) is 0 Å². The van der Waals surface area contributed by atoms with Gasteiger partial charge in [0.1, 0.15) is 0 Å². The summed E-state index contributed by atoms with van der Waals surface area (Å²) in [4.78, 5) is 26.6. The number of rotatable bonds is 4. The number of carbonyl (C=O) groups excluding carboxylic acids is 2. The molecular formula is C12H22N2O3. The molecule has 0 bridgehead atoms. The van der Waals surface area contributed by atoms with Gasteiger partial charge in [-0.15, -0.1) is 0 Å². The third-order valence-electron chi connectivity index (χ3n) is 2.80. The summed E-state index contributed by atoms with van der Waals surface area (Å²) in [6, 6.07) is 0. The molecule has 1 aliphatic rings. The number of likely N-dealkylation sites (tertiary alicyclic amines) is 1. The predicted molar refractivity (Wildman–Crippen MR) is 64.3 cm³/mol. The molecule has 0 aromatic carbocycles. The van der Waals surface area contributed by atoms with Crippen molar-refractivity contribution in [1.29, 1.82) is 0 Å². The van der Waals surface area contributed by atoms with Crippen LogP contribution in [-0.4, -0.2) is 59.5 Å². The van der Waals surface area contributed by atoms with Crippen LogP contribution in [0.2, 0.25) is 0 Å². The van der Waals surface area contributed by atoms with Gasteiger partial charge in [0, 0.05) is 19.4 Å².